The summed E-state index contributed by atoms with van der Waals surface area (Å²) in [6, 6.07) is 1.89. The van der Waals surface area contributed by atoms with Gasteiger partial charge in [-0.1, -0.05) is 32.6 Å². The van der Waals surface area contributed by atoms with E-state index in [1.807, 2.05) is 4.90 Å². The third-order valence-corrected chi connectivity index (χ3v) is 4.42. The third kappa shape index (κ3) is 5.73. The fourth-order valence-corrected chi connectivity index (χ4v) is 2.98. The van der Waals surface area contributed by atoms with Crippen LogP contribution in [0.15, 0.2) is 23.0 Å². The number of furan rings is 1. The monoisotopic (exact) mass is 320 g/mol. The molecule has 23 heavy (non-hydrogen) atoms. The molecule has 1 aromatic rings. The van der Waals surface area contributed by atoms with Crippen LogP contribution in [0.4, 0.5) is 0 Å². The van der Waals surface area contributed by atoms with E-state index >= 15 is 0 Å². The molecule has 1 fully saturated rings. The van der Waals surface area contributed by atoms with Gasteiger partial charge in [0.15, 0.2) is 0 Å². The van der Waals surface area contributed by atoms with Crippen LogP contribution < -0.4 is 5.32 Å². The van der Waals surface area contributed by atoms with E-state index in [1.54, 1.807) is 6.07 Å². The Labute approximate surface area is 138 Å². The zero-order chi connectivity index (χ0) is 16.5. The normalized spacial score (nSPS) is 15.6. The number of piperidine rings is 1. The fourth-order valence-electron chi connectivity index (χ4n) is 2.98. The number of carbonyl (C=O) groups excluding carboxylic acids is 2. The van der Waals surface area contributed by atoms with E-state index in [9.17, 15) is 9.59 Å². The van der Waals surface area contributed by atoms with Crippen LogP contribution in [0, 0.1) is 0 Å². The first kappa shape index (κ1) is 17.6. The summed E-state index contributed by atoms with van der Waals surface area (Å²) < 4.78 is 4.96. The lowest BCUT2D eigenvalue weighted by atomic mass is 10.0. The number of hydrogen-bond donors (Lipinski definition) is 1. The Morgan fingerprint density at radius 2 is 1.96 bits per heavy atom. The molecule has 0 atom stereocenters. The average Bonchev–Trinajstić information content (AvgIpc) is 3.09. The Morgan fingerprint density at radius 3 is 2.61 bits per heavy atom. The molecule has 128 valence electrons. The smallest absolute Gasteiger partial charge is 0.257 e. The van der Waals surface area contributed by atoms with Gasteiger partial charge in [0, 0.05) is 25.6 Å². The number of carbonyl (C=O) groups is 2. The molecule has 0 bridgehead atoms. The standard InChI is InChI=1S/C18H28N2O3/c1-2-3-4-5-6-7-17(21)19-16-8-11-20(12-9-16)18(22)15-10-13-23-14-15/h10,13-14,16H,2-9,11-12H2,1H3,(H,19,21). The van der Waals surface area contributed by atoms with Gasteiger partial charge in [-0.15, -0.1) is 0 Å². The number of hydrogen-bond acceptors (Lipinski definition) is 3. The molecule has 2 rings (SSSR count). The van der Waals surface area contributed by atoms with Crippen LogP contribution in [0.25, 0.3) is 0 Å². The van der Waals surface area contributed by atoms with E-state index in [4.69, 9.17) is 4.42 Å². The van der Waals surface area contributed by atoms with Gasteiger partial charge in [0.2, 0.25) is 5.91 Å². The van der Waals surface area contributed by atoms with Crippen molar-refractivity contribution < 1.29 is 14.0 Å². The van der Waals surface area contributed by atoms with E-state index in [0.29, 0.717) is 25.1 Å². The minimum atomic E-state index is 0.0134. The Morgan fingerprint density at radius 1 is 1.22 bits per heavy atom. The van der Waals surface area contributed by atoms with Gasteiger partial charge < -0.3 is 14.6 Å². The highest BCUT2D eigenvalue weighted by atomic mass is 16.3. The first-order valence-electron chi connectivity index (χ1n) is 8.81. The average molecular weight is 320 g/mol. The molecule has 5 heteroatoms. The van der Waals surface area contributed by atoms with Crippen LogP contribution in [0.2, 0.25) is 0 Å². The van der Waals surface area contributed by atoms with E-state index in [1.165, 1.54) is 31.8 Å². The van der Waals surface area contributed by atoms with Crippen LogP contribution in [-0.2, 0) is 4.79 Å². The van der Waals surface area contributed by atoms with E-state index in [2.05, 4.69) is 12.2 Å². The van der Waals surface area contributed by atoms with Crippen molar-refractivity contribution in [2.24, 2.45) is 0 Å². The summed E-state index contributed by atoms with van der Waals surface area (Å²) in [6.07, 6.45) is 11.1. The molecule has 0 saturated carbocycles. The van der Waals surface area contributed by atoms with Crippen molar-refractivity contribution >= 4 is 11.8 Å². The molecule has 0 spiro atoms. The lowest BCUT2D eigenvalue weighted by Gasteiger charge is -2.32. The van der Waals surface area contributed by atoms with Gasteiger partial charge in [-0.2, -0.15) is 0 Å². The summed E-state index contributed by atoms with van der Waals surface area (Å²) >= 11 is 0. The second kappa shape index (κ2) is 9.38. The van der Waals surface area contributed by atoms with Gasteiger partial charge in [-0.25, -0.2) is 0 Å². The Bertz CT molecular complexity index is 476. The number of nitrogens with one attached hydrogen (secondary N) is 1. The largest absolute Gasteiger partial charge is 0.472 e. The lowest BCUT2D eigenvalue weighted by molar-refractivity contribution is -0.122. The first-order valence-corrected chi connectivity index (χ1v) is 8.81. The predicted molar refractivity (Wildman–Crippen MR) is 89.2 cm³/mol. The second-order valence-electron chi connectivity index (χ2n) is 6.31. The van der Waals surface area contributed by atoms with Crippen molar-refractivity contribution in [3.05, 3.63) is 24.2 Å². The van der Waals surface area contributed by atoms with Crippen LogP contribution in [-0.4, -0.2) is 35.8 Å². The summed E-state index contributed by atoms with van der Waals surface area (Å²) in [6.45, 7) is 3.56. The summed E-state index contributed by atoms with van der Waals surface area (Å²) in [4.78, 5) is 26.0. The summed E-state index contributed by atoms with van der Waals surface area (Å²) in [5, 5.41) is 3.11. The molecule has 1 saturated heterocycles. The molecule has 1 aromatic heterocycles. The fraction of sp³-hybridized carbons (Fsp3) is 0.667. The van der Waals surface area contributed by atoms with Crippen molar-refractivity contribution in [2.75, 3.05) is 13.1 Å². The van der Waals surface area contributed by atoms with Gasteiger partial charge in [-0.05, 0) is 25.3 Å². The van der Waals surface area contributed by atoms with Crippen LogP contribution in [0.5, 0.6) is 0 Å². The van der Waals surface area contributed by atoms with Gasteiger partial charge in [0.25, 0.3) is 5.91 Å². The molecule has 0 aromatic carbocycles. The molecule has 0 aliphatic carbocycles. The maximum Gasteiger partial charge on any atom is 0.257 e. The number of rotatable bonds is 8. The minimum Gasteiger partial charge on any atom is -0.472 e. The quantitative estimate of drug-likeness (QED) is 0.747. The van der Waals surface area contributed by atoms with Crippen molar-refractivity contribution in [1.29, 1.82) is 0 Å². The molecule has 1 N–H and O–H groups in total. The molecule has 1 aliphatic rings. The van der Waals surface area contributed by atoms with Gasteiger partial charge >= 0.3 is 0 Å². The highest BCUT2D eigenvalue weighted by molar-refractivity contribution is 5.93. The lowest BCUT2D eigenvalue weighted by Crippen LogP contribution is -2.46. The topological polar surface area (TPSA) is 62.6 Å². The number of unbranched alkanes of at least 4 members (excludes halogenated alkanes) is 4. The molecule has 0 unspecified atom stereocenters. The van der Waals surface area contributed by atoms with Crippen molar-refractivity contribution in [1.82, 2.24) is 10.2 Å². The third-order valence-electron chi connectivity index (χ3n) is 4.42. The van der Waals surface area contributed by atoms with Gasteiger partial charge in [0.1, 0.15) is 6.26 Å². The maximum atomic E-state index is 12.2. The predicted octanol–water partition coefficient (Wildman–Crippen LogP) is 3.36. The zero-order valence-electron chi connectivity index (χ0n) is 14.1. The van der Waals surface area contributed by atoms with Gasteiger partial charge in [-0.3, -0.25) is 9.59 Å². The highest BCUT2D eigenvalue weighted by Crippen LogP contribution is 2.15. The highest BCUT2D eigenvalue weighted by Gasteiger charge is 2.24. The SMILES string of the molecule is CCCCCCCC(=O)NC1CCN(C(=O)c2ccoc2)CC1. The molecular formula is C18H28N2O3. The molecular weight excluding hydrogens is 292 g/mol. The summed E-state index contributed by atoms with van der Waals surface area (Å²) in [7, 11) is 0. The Balaban J connectivity index is 1.62. The van der Waals surface area contributed by atoms with Crippen molar-refractivity contribution in [3.8, 4) is 0 Å². The van der Waals surface area contributed by atoms with Crippen molar-refractivity contribution in [2.45, 2.75) is 64.3 Å². The Kier molecular flexibility index (Phi) is 7.17. The van der Waals surface area contributed by atoms with E-state index < -0.39 is 0 Å². The molecule has 0 radical (unpaired) electrons. The maximum absolute atomic E-state index is 12.2. The van der Waals surface area contributed by atoms with Crippen LogP contribution >= 0.6 is 0 Å². The zero-order valence-corrected chi connectivity index (χ0v) is 14.1. The molecule has 1 aliphatic heterocycles. The van der Waals surface area contributed by atoms with Crippen LogP contribution in [0.1, 0.15) is 68.6 Å². The number of likely N-dealkylation sites (tertiary alicyclic amines) is 1. The van der Waals surface area contributed by atoms with Gasteiger partial charge in [0.05, 0.1) is 11.8 Å². The number of amides is 2. The summed E-state index contributed by atoms with van der Waals surface area (Å²) in [5.74, 6) is 0.167. The second-order valence-corrected chi connectivity index (χ2v) is 6.31. The molecule has 2 amide bonds. The van der Waals surface area contributed by atoms with Crippen LogP contribution in [0.3, 0.4) is 0 Å². The van der Waals surface area contributed by atoms with Crippen molar-refractivity contribution in [3.63, 3.8) is 0 Å². The van der Waals surface area contributed by atoms with E-state index in [-0.39, 0.29) is 17.9 Å². The molecule has 2 heterocycles. The minimum absolute atomic E-state index is 0.0134. The van der Waals surface area contributed by atoms with E-state index in [0.717, 1.165) is 25.7 Å². The first-order chi connectivity index (χ1) is 11.2. The summed E-state index contributed by atoms with van der Waals surface area (Å²) in [5.41, 5.74) is 0.597. The number of nitrogens with zero attached hydrogens (tertiary/aromatic N) is 1. The Hall–Kier alpha value is -1.78. The molecule has 5 nitrogen and oxygen atoms in total.